The number of hydrogen-bond donors (Lipinski definition) is 0. The van der Waals surface area contributed by atoms with E-state index in [9.17, 15) is 14.4 Å². The van der Waals surface area contributed by atoms with Crippen LogP contribution >= 0.6 is 0 Å². The molecule has 0 aromatic rings. The van der Waals surface area contributed by atoms with E-state index in [-0.39, 0.29) is 31.1 Å². The molecule has 6 nitrogen and oxygen atoms in total. The first-order valence-electron chi connectivity index (χ1n) is 33.2. The van der Waals surface area contributed by atoms with E-state index in [0.717, 1.165) is 135 Å². The van der Waals surface area contributed by atoms with Crippen LogP contribution in [0.5, 0.6) is 0 Å². The quantitative estimate of drug-likeness (QED) is 0.0261. The van der Waals surface area contributed by atoms with Crippen molar-refractivity contribution < 1.29 is 28.6 Å². The van der Waals surface area contributed by atoms with E-state index in [1.54, 1.807) is 0 Å². The molecule has 0 fully saturated rings. The molecular formula is C72H124O6. The molecule has 448 valence electrons. The van der Waals surface area contributed by atoms with Crippen molar-refractivity contribution in [3.8, 4) is 0 Å². The van der Waals surface area contributed by atoms with Gasteiger partial charge in [0.1, 0.15) is 13.2 Å². The van der Waals surface area contributed by atoms with Crippen molar-refractivity contribution in [1.82, 2.24) is 0 Å². The fourth-order valence-corrected chi connectivity index (χ4v) is 9.36. The van der Waals surface area contributed by atoms with Gasteiger partial charge in [-0.1, -0.05) is 298 Å². The number of unbranched alkanes of at least 4 members (excludes halogenated alkanes) is 33. The zero-order valence-corrected chi connectivity index (χ0v) is 51.4. The topological polar surface area (TPSA) is 78.9 Å². The Balaban J connectivity index is 4.44. The fraction of sp³-hybridized carbons (Fsp3) is 0.736. The van der Waals surface area contributed by atoms with Gasteiger partial charge in [-0.05, 0) is 103 Å². The summed E-state index contributed by atoms with van der Waals surface area (Å²) in [4.78, 5) is 38.4. The van der Waals surface area contributed by atoms with E-state index in [4.69, 9.17) is 14.2 Å². The van der Waals surface area contributed by atoms with E-state index in [0.29, 0.717) is 19.3 Å². The summed E-state index contributed by atoms with van der Waals surface area (Å²) in [6.45, 7) is 6.53. The van der Waals surface area contributed by atoms with Gasteiger partial charge >= 0.3 is 17.9 Å². The Morgan fingerprint density at radius 3 is 0.782 bits per heavy atom. The fourth-order valence-electron chi connectivity index (χ4n) is 9.36. The lowest BCUT2D eigenvalue weighted by atomic mass is 10.0. The number of carbonyl (C=O) groups excluding carboxylic acids is 3. The Labute approximate surface area is 483 Å². The van der Waals surface area contributed by atoms with Gasteiger partial charge in [0.2, 0.25) is 0 Å². The average Bonchev–Trinajstić information content (AvgIpc) is 3.44. The summed E-state index contributed by atoms with van der Waals surface area (Å²) < 4.78 is 17.0. The van der Waals surface area contributed by atoms with Gasteiger partial charge in [0, 0.05) is 19.3 Å². The molecule has 0 aliphatic heterocycles. The van der Waals surface area contributed by atoms with Crippen LogP contribution in [-0.4, -0.2) is 37.2 Å². The number of ether oxygens (including phenoxy) is 3. The van der Waals surface area contributed by atoms with Gasteiger partial charge in [-0.2, -0.15) is 0 Å². The minimum absolute atomic E-state index is 0.0871. The third-order valence-corrected chi connectivity index (χ3v) is 14.3. The van der Waals surface area contributed by atoms with Gasteiger partial charge in [-0.3, -0.25) is 14.4 Å². The van der Waals surface area contributed by atoms with Crippen LogP contribution in [0.25, 0.3) is 0 Å². The monoisotopic (exact) mass is 1080 g/mol. The van der Waals surface area contributed by atoms with Crippen molar-refractivity contribution in [3.05, 3.63) is 97.2 Å². The molecule has 0 saturated heterocycles. The molecule has 0 heterocycles. The Kier molecular flexibility index (Phi) is 62.7. The summed E-state index contributed by atoms with van der Waals surface area (Å²) in [5.74, 6) is -0.906. The molecule has 78 heavy (non-hydrogen) atoms. The first-order valence-corrected chi connectivity index (χ1v) is 33.2. The maximum absolute atomic E-state index is 12.9. The van der Waals surface area contributed by atoms with Crippen LogP contribution < -0.4 is 0 Å². The van der Waals surface area contributed by atoms with E-state index < -0.39 is 6.10 Å². The predicted molar refractivity (Wildman–Crippen MR) is 339 cm³/mol. The summed E-state index contributed by atoms with van der Waals surface area (Å²) in [7, 11) is 0. The Morgan fingerprint density at radius 2 is 0.500 bits per heavy atom. The second-order valence-electron chi connectivity index (χ2n) is 22.0. The zero-order chi connectivity index (χ0) is 56.4. The van der Waals surface area contributed by atoms with Crippen LogP contribution in [0.4, 0.5) is 0 Å². The van der Waals surface area contributed by atoms with Crippen molar-refractivity contribution >= 4 is 17.9 Å². The largest absolute Gasteiger partial charge is 0.462 e. The summed E-state index contributed by atoms with van der Waals surface area (Å²) in [5.41, 5.74) is 0. The van der Waals surface area contributed by atoms with Gasteiger partial charge in [0.15, 0.2) is 6.10 Å². The third-order valence-electron chi connectivity index (χ3n) is 14.3. The van der Waals surface area contributed by atoms with Crippen molar-refractivity contribution in [2.45, 2.75) is 329 Å². The lowest BCUT2D eigenvalue weighted by Crippen LogP contribution is -2.30. The molecular weight excluding hydrogens is 961 g/mol. The van der Waals surface area contributed by atoms with Crippen molar-refractivity contribution in [2.24, 2.45) is 0 Å². The minimum atomic E-state index is -0.794. The maximum Gasteiger partial charge on any atom is 0.306 e. The van der Waals surface area contributed by atoms with Crippen LogP contribution in [-0.2, 0) is 28.6 Å². The number of carbonyl (C=O) groups is 3. The number of rotatable bonds is 60. The molecule has 0 rings (SSSR count). The van der Waals surface area contributed by atoms with Gasteiger partial charge in [-0.15, -0.1) is 0 Å². The van der Waals surface area contributed by atoms with E-state index in [2.05, 4.69) is 118 Å². The Morgan fingerprint density at radius 1 is 0.269 bits per heavy atom. The van der Waals surface area contributed by atoms with Crippen LogP contribution in [0, 0.1) is 0 Å². The second-order valence-corrected chi connectivity index (χ2v) is 22.0. The van der Waals surface area contributed by atoms with Crippen molar-refractivity contribution in [3.63, 3.8) is 0 Å². The molecule has 0 aromatic heterocycles. The Bertz CT molecular complexity index is 1530. The average molecular weight is 1090 g/mol. The normalized spacial score (nSPS) is 12.7. The third kappa shape index (κ3) is 63.2. The molecule has 0 saturated carbocycles. The molecule has 6 heteroatoms. The predicted octanol–water partition coefficient (Wildman–Crippen LogP) is 22.8. The van der Waals surface area contributed by atoms with Crippen LogP contribution in [0.2, 0.25) is 0 Å². The molecule has 1 atom stereocenters. The minimum Gasteiger partial charge on any atom is -0.462 e. The van der Waals surface area contributed by atoms with Crippen LogP contribution in [0.3, 0.4) is 0 Å². The van der Waals surface area contributed by atoms with E-state index in [1.807, 2.05) is 0 Å². The molecule has 0 amide bonds. The van der Waals surface area contributed by atoms with Crippen LogP contribution in [0.1, 0.15) is 323 Å². The molecule has 0 N–H and O–H groups in total. The van der Waals surface area contributed by atoms with Crippen molar-refractivity contribution in [1.29, 1.82) is 0 Å². The van der Waals surface area contributed by atoms with Gasteiger partial charge in [0.25, 0.3) is 0 Å². The molecule has 0 radical (unpaired) electrons. The highest BCUT2D eigenvalue weighted by Gasteiger charge is 2.19. The highest BCUT2D eigenvalue weighted by molar-refractivity contribution is 5.71. The van der Waals surface area contributed by atoms with E-state index >= 15 is 0 Å². The smallest absolute Gasteiger partial charge is 0.306 e. The summed E-state index contributed by atoms with van der Waals surface area (Å²) in [5, 5.41) is 0. The molecule has 0 aromatic carbocycles. The molecule has 0 aliphatic carbocycles. The molecule has 0 bridgehead atoms. The lowest BCUT2D eigenvalue weighted by molar-refractivity contribution is -0.167. The summed E-state index contributed by atoms with van der Waals surface area (Å²) in [6.07, 6.45) is 88.4. The SMILES string of the molecule is CC/C=C\C/C=C\C/C=C\C/C=C\C/C=C\CCCCCCCC(=O)OCC(COC(=O)CCCCCCCCCCCCCCCCCCCC)OC(=O)CCCCCCCC/C=C\C/C=C\C/C=C\CCCCCCC. The van der Waals surface area contributed by atoms with Gasteiger partial charge < -0.3 is 14.2 Å². The first-order chi connectivity index (χ1) is 38.5. The summed E-state index contributed by atoms with van der Waals surface area (Å²) in [6, 6.07) is 0. The van der Waals surface area contributed by atoms with E-state index in [1.165, 1.54) is 148 Å². The van der Waals surface area contributed by atoms with Crippen LogP contribution in [0.15, 0.2) is 97.2 Å². The lowest BCUT2D eigenvalue weighted by Gasteiger charge is -2.18. The highest BCUT2D eigenvalue weighted by Crippen LogP contribution is 2.17. The molecule has 0 spiro atoms. The number of hydrogen-bond acceptors (Lipinski definition) is 6. The standard InChI is InChI=1S/C72H124O6/c1-4-7-10-13-16-19-22-25-28-31-34-36-38-41-44-47-50-53-56-59-62-65-71(74)77-68-69(67-76-70(73)64-61-58-55-52-49-46-43-40-33-30-27-24-21-18-15-12-9-6-3)78-72(75)66-63-60-57-54-51-48-45-42-39-37-35-32-29-26-23-20-17-14-11-8-5-2/h7,10,16,19,23,25-26,28,32,34-36,39,41-42,44,69H,4-6,8-9,11-15,17-18,20-22,24,27,29-31,33,37-38,40,43,45-68H2,1-3H3/b10-7-,19-16-,26-23-,28-25-,35-32-,36-34-,42-39-,44-41-. The Hall–Kier alpha value is -3.67. The van der Waals surface area contributed by atoms with Gasteiger partial charge in [-0.25, -0.2) is 0 Å². The van der Waals surface area contributed by atoms with Gasteiger partial charge in [0.05, 0.1) is 0 Å². The highest BCUT2D eigenvalue weighted by atomic mass is 16.6. The second kappa shape index (κ2) is 65.8. The van der Waals surface area contributed by atoms with Crippen molar-refractivity contribution in [2.75, 3.05) is 13.2 Å². The number of allylic oxidation sites excluding steroid dienone is 16. The number of esters is 3. The summed E-state index contributed by atoms with van der Waals surface area (Å²) >= 11 is 0. The zero-order valence-electron chi connectivity index (χ0n) is 51.4. The molecule has 1 unspecified atom stereocenters. The molecule has 0 aliphatic rings. The first kappa shape index (κ1) is 74.3. The maximum atomic E-state index is 12.9.